The molecule has 1 aliphatic carbocycles. The number of thiazole rings is 1. The Labute approximate surface area is 114 Å². The first-order chi connectivity index (χ1) is 9.24. The van der Waals surface area contributed by atoms with Crippen LogP contribution in [0.4, 0.5) is 11.4 Å². The highest BCUT2D eigenvalue weighted by Crippen LogP contribution is 2.43. The predicted octanol–water partition coefficient (Wildman–Crippen LogP) is 3.61. The molecule has 0 saturated heterocycles. The molecule has 1 fully saturated rings. The minimum Gasteiger partial charge on any atom is -0.376 e. The van der Waals surface area contributed by atoms with Crippen molar-refractivity contribution in [1.29, 1.82) is 0 Å². The number of nitrogens with zero attached hydrogens (tertiary/aromatic N) is 2. The first-order valence-electron chi connectivity index (χ1n) is 6.14. The van der Waals surface area contributed by atoms with Gasteiger partial charge in [-0.3, -0.25) is 10.1 Å². The third-order valence-corrected chi connectivity index (χ3v) is 4.07. The van der Waals surface area contributed by atoms with Gasteiger partial charge in [-0.15, -0.1) is 11.3 Å². The van der Waals surface area contributed by atoms with Crippen molar-refractivity contribution in [1.82, 2.24) is 4.98 Å². The van der Waals surface area contributed by atoms with Gasteiger partial charge in [-0.2, -0.15) is 0 Å². The number of anilines is 1. The molecule has 1 heterocycles. The SMILES string of the molecule is O=[N+]([O-])c1ccc(NC(c2nccs2)C2CC2)cc1. The first kappa shape index (κ1) is 12.1. The van der Waals surface area contributed by atoms with Crippen LogP contribution in [0.15, 0.2) is 35.8 Å². The smallest absolute Gasteiger partial charge is 0.269 e. The minimum atomic E-state index is -0.386. The Morgan fingerprint density at radius 3 is 2.63 bits per heavy atom. The van der Waals surface area contributed by atoms with E-state index < -0.39 is 0 Å². The Morgan fingerprint density at radius 1 is 1.37 bits per heavy atom. The summed E-state index contributed by atoms with van der Waals surface area (Å²) in [6.45, 7) is 0. The number of aromatic nitrogens is 1. The van der Waals surface area contributed by atoms with Crippen LogP contribution in [-0.2, 0) is 0 Å². The lowest BCUT2D eigenvalue weighted by molar-refractivity contribution is -0.384. The van der Waals surface area contributed by atoms with Gasteiger partial charge in [-0.1, -0.05) is 0 Å². The largest absolute Gasteiger partial charge is 0.376 e. The zero-order valence-electron chi connectivity index (χ0n) is 10.2. The highest BCUT2D eigenvalue weighted by molar-refractivity contribution is 7.09. The van der Waals surface area contributed by atoms with Crippen molar-refractivity contribution in [3.8, 4) is 0 Å². The van der Waals surface area contributed by atoms with Gasteiger partial charge in [0, 0.05) is 29.4 Å². The maximum atomic E-state index is 10.6. The van der Waals surface area contributed by atoms with Crippen LogP contribution in [0.1, 0.15) is 23.9 Å². The predicted molar refractivity (Wildman–Crippen MR) is 74.3 cm³/mol. The molecule has 5 nitrogen and oxygen atoms in total. The van der Waals surface area contributed by atoms with Crippen molar-refractivity contribution in [2.75, 3.05) is 5.32 Å². The van der Waals surface area contributed by atoms with Crippen molar-refractivity contribution in [3.05, 3.63) is 51.0 Å². The van der Waals surface area contributed by atoms with Gasteiger partial charge in [0.15, 0.2) is 0 Å². The number of non-ortho nitro benzene ring substituents is 1. The molecular weight excluding hydrogens is 262 g/mol. The summed E-state index contributed by atoms with van der Waals surface area (Å²) in [5, 5.41) is 17.1. The van der Waals surface area contributed by atoms with E-state index in [1.165, 1.54) is 25.0 Å². The van der Waals surface area contributed by atoms with Gasteiger partial charge in [0.25, 0.3) is 5.69 Å². The van der Waals surface area contributed by atoms with E-state index in [4.69, 9.17) is 0 Å². The normalized spacial score (nSPS) is 16.0. The van der Waals surface area contributed by atoms with Crippen molar-refractivity contribution in [3.63, 3.8) is 0 Å². The number of nitro benzene ring substituents is 1. The van der Waals surface area contributed by atoms with Gasteiger partial charge < -0.3 is 5.32 Å². The molecular formula is C13H13N3O2S. The summed E-state index contributed by atoms with van der Waals surface area (Å²) in [6, 6.07) is 6.77. The highest BCUT2D eigenvalue weighted by atomic mass is 32.1. The van der Waals surface area contributed by atoms with E-state index in [-0.39, 0.29) is 16.7 Å². The molecule has 1 aromatic carbocycles. The number of nitrogens with one attached hydrogen (secondary N) is 1. The van der Waals surface area contributed by atoms with Crippen LogP contribution in [0, 0.1) is 16.0 Å². The van der Waals surface area contributed by atoms with Crippen molar-refractivity contribution in [2.24, 2.45) is 5.92 Å². The fourth-order valence-corrected chi connectivity index (χ4v) is 2.84. The van der Waals surface area contributed by atoms with Crippen LogP contribution in [0.3, 0.4) is 0 Å². The number of benzene rings is 1. The van der Waals surface area contributed by atoms with Crippen LogP contribution >= 0.6 is 11.3 Å². The lowest BCUT2D eigenvalue weighted by Gasteiger charge is -2.17. The van der Waals surface area contributed by atoms with Crippen LogP contribution < -0.4 is 5.32 Å². The van der Waals surface area contributed by atoms with Gasteiger partial charge in [0.05, 0.1) is 11.0 Å². The molecule has 1 atom stereocenters. The fraction of sp³-hybridized carbons (Fsp3) is 0.308. The first-order valence-corrected chi connectivity index (χ1v) is 7.02. The van der Waals surface area contributed by atoms with E-state index in [1.807, 2.05) is 11.6 Å². The lowest BCUT2D eigenvalue weighted by atomic mass is 10.1. The summed E-state index contributed by atoms with van der Waals surface area (Å²) in [6.07, 6.45) is 4.24. The van der Waals surface area contributed by atoms with E-state index in [0.717, 1.165) is 10.7 Å². The van der Waals surface area contributed by atoms with Crippen LogP contribution in [0.25, 0.3) is 0 Å². The van der Waals surface area contributed by atoms with Gasteiger partial charge in [0.2, 0.25) is 0 Å². The molecule has 1 aromatic heterocycles. The molecule has 1 aliphatic rings. The van der Waals surface area contributed by atoms with Crippen molar-refractivity contribution in [2.45, 2.75) is 18.9 Å². The quantitative estimate of drug-likeness (QED) is 0.668. The molecule has 0 spiro atoms. The van der Waals surface area contributed by atoms with E-state index in [2.05, 4.69) is 10.3 Å². The zero-order chi connectivity index (χ0) is 13.2. The zero-order valence-corrected chi connectivity index (χ0v) is 11.0. The molecule has 2 aromatic rings. The summed E-state index contributed by atoms with van der Waals surface area (Å²) in [7, 11) is 0. The van der Waals surface area contributed by atoms with Gasteiger partial charge in [0.1, 0.15) is 5.01 Å². The maximum absolute atomic E-state index is 10.6. The molecule has 1 unspecified atom stereocenters. The van der Waals surface area contributed by atoms with E-state index in [1.54, 1.807) is 23.5 Å². The fourth-order valence-electron chi connectivity index (χ4n) is 2.06. The Kier molecular flexibility index (Phi) is 3.16. The molecule has 0 amide bonds. The second-order valence-corrected chi connectivity index (χ2v) is 5.56. The summed E-state index contributed by atoms with van der Waals surface area (Å²) in [4.78, 5) is 14.6. The Morgan fingerprint density at radius 2 is 2.11 bits per heavy atom. The molecule has 0 radical (unpaired) electrons. The molecule has 1 saturated carbocycles. The second-order valence-electron chi connectivity index (χ2n) is 4.63. The molecule has 0 aliphatic heterocycles. The summed E-state index contributed by atoms with van der Waals surface area (Å²) >= 11 is 1.64. The minimum absolute atomic E-state index is 0.114. The number of hydrogen-bond donors (Lipinski definition) is 1. The Hall–Kier alpha value is -1.95. The van der Waals surface area contributed by atoms with Gasteiger partial charge in [-0.05, 0) is 30.9 Å². The number of rotatable bonds is 5. The van der Waals surface area contributed by atoms with E-state index in [0.29, 0.717) is 5.92 Å². The molecule has 19 heavy (non-hydrogen) atoms. The average Bonchev–Trinajstić information content (AvgIpc) is 3.11. The summed E-state index contributed by atoms with van der Waals surface area (Å²) in [5.74, 6) is 0.626. The molecule has 98 valence electrons. The maximum Gasteiger partial charge on any atom is 0.269 e. The number of nitro groups is 1. The standard InChI is InChI=1S/C13H13N3O2S/c17-16(18)11-5-3-10(4-6-11)15-12(9-1-2-9)13-14-7-8-19-13/h3-9,12,15H,1-2H2. The molecule has 1 N–H and O–H groups in total. The van der Waals surface area contributed by atoms with Crippen molar-refractivity contribution < 1.29 is 4.92 Å². The third kappa shape index (κ3) is 2.73. The molecule has 3 rings (SSSR count). The number of hydrogen-bond acceptors (Lipinski definition) is 5. The average molecular weight is 275 g/mol. The van der Waals surface area contributed by atoms with Crippen LogP contribution in [0.2, 0.25) is 0 Å². The van der Waals surface area contributed by atoms with Crippen LogP contribution in [0.5, 0.6) is 0 Å². The van der Waals surface area contributed by atoms with E-state index >= 15 is 0 Å². The van der Waals surface area contributed by atoms with Gasteiger partial charge in [-0.25, -0.2) is 4.98 Å². The molecule has 0 bridgehead atoms. The third-order valence-electron chi connectivity index (χ3n) is 3.21. The highest BCUT2D eigenvalue weighted by Gasteiger charge is 2.33. The monoisotopic (exact) mass is 275 g/mol. The Bertz CT molecular complexity index is 564. The summed E-state index contributed by atoms with van der Waals surface area (Å²) in [5.41, 5.74) is 1.01. The van der Waals surface area contributed by atoms with E-state index in [9.17, 15) is 10.1 Å². The lowest BCUT2D eigenvalue weighted by Crippen LogP contribution is -2.12. The molecule has 6 heteroatoms. The van der Waals surface area contributed by atoms with Crippen LogP contribution in [-0.4, -0.2) is 9.91 Å². The van der Waals surface area contributed by atoms with Crippen molar-refractivity contribution >= 4 is 22.7 Å². The summed E-state index contributed by atoms with van der Waals surface area (Å²) < 4.78 is 0. The Balaban J connectivity index is 1.77. The van der Waals surface area contributed by atoms with Gasteiger partial charge >= 0.3 is 0 Å². The second kappa shape index (κ2) is 4.97. The topological polar surface area (TPSA) is 68.1 Å².